The van der Waals surface area contributed by atoms with Crippen molar-refractivity contribution in [2.45, 2.75) is 45.6 Å². The van der Waals surface area contributed by atoms with E-state index in [0.717, 1.165) is 42.8 Å². The summed E-state index contributed by atoms with van der Waals surface area (Å²) in [6, 6.07) is 6.41. The number of hydrogen-bond donors (Lipinski definition) is 1. The zero-order chi connectivity index (χ0) is 20.2. The van der Waals surface area contributed by atoms with Crippen molar-refractivity contribution in [3.63, 3.8) is 0 Å². The predicted molar refractivity (Wildman–Crippen MR) is 107 cm³/mol. The minimum atomic E-state index is -0.326. The Kier molecular flexibility index (Phi) is 5.69. The lowest BCUT2D eigenvalue weighted by molar-refractivity contribution is -0.121. The van der Waals surface area contributed by atoms with Crippen LogP contribution in [0.1, 0.15) is 42.8 Å². The molecule has 0 saturated carbocycles. The minimum absolute atomic E-state index is 0.158. The maximum atomic E-state index is 13.7. The second kappa shape index (κ2) is 8.55. The van der Waals surface area contributed by atoms with Gasteiger partial charge in [0, 0.05) is 38.0 Å². The molecule has 8 heteroatoms. The van der Waals surface area contributed by atoms with E-state index in [1.165, 1.54) is 12.5 Å². The van der Waals surface area contributed by atoms with Gasteiger partial charge in [0.15, 0.2) is 0 Å². The van der Waals surface area contributed by atoms with Crippen LogP contribution in [0.2, 0.25) is 0 Å². The van der Waals surface area contributed by atoms with E-state index in [4.69, 9.17) is 9.51 Å². The Morgan fingerprint density at radius 3 is 2.79 bits per heavy atom. The van der Waals surface area contributed by atoms with Gasteiger partial charge in [-0.1, -0.05) is 23.4 Å². The van der Waals surface area contributed by atoms with Crippen LogP contribution in [0.25, 0.3) is 11.1 Å². The van der Waals surface area contributed by atoms with Gasteiger partial charge in [-0.3, -0.25) is 4.79 Å². The number of nitrogens with zero attached hydrogens (tertiary/aromatic N) is 4. The number of carbonyl (C=O) groups is 1. The third-order valence-electron chi connectivity index (χ3n) is 5.20. The monoisotopic (exact) mass is 397 g/mol. The second-order valence-corrected chi connectivity index (χ2v) is 7.33. The fraction of sp³-hybridized carbons (Fsp3) is 0.429. The number of halogens is 1. The largest absolute Gasteiger partial charge is 0.356 e. The quantitative estimate of drug-likeness (QED) is 0.687. The Morgan fingerprint density at radius 1 is 1.21 bits per heavy atom. The molecule has 29 heavy (non-hydrogen) atoms. The number of anilines is 1. The van der Waals surface area contributed by atoms with Crippen molar-refractivity contribution in [1.82, 2.24) is 20.4 Å². The number of aromatic nitrogens is 3. The average molecular weight is 397 g/mol. The third-order valence-corrected chi connectivity index (χ3v) is 5.20. The van der Waals surface area contributed by atoms with Crippen LogP contribution in [0.5, 0.6) is 0 Å². The Balaban J connectivity index is 1.45. The van der Waals surface area contributed by atoms with Gasteiger partial charge in [-0.15, -0.1) is 0 Å². The van der Waals surface area contributed by atoms with Crippen molar-refractivity contribution >= 4 is 22.8 Å². The van der Waals surface area contributed by atoms with Crippen molar-refractivity contribution in [3.05, 3.63) is 47.2 Å². The first-order valence-electron chi connectivity index (χ1n) is 10.00. The van der Waals surface area contributed by atoms with Crippen LogP contribution < -0.4 is 10.2 Å². The molecule has 0 bridgehead atoms. The molecule has 0 radical (unpaired) electrons. The number of fused-ring (bicyclic) bond motifs is 1. The molecule has 0 spiro atoms. The van der Waals surface area contributed by atoms with Crippen LogP contribution >= 0.6 is 0 Å². The van der Waals surface area contributed by atoms with Gasteiger partial charge in [0.05, 0.1) is 5.69 Å². The Morgan fingerprint density at radius 2 is 2.00 bits per heavy atom. The van der Waals surface area contributed by atoms with Crippen LogP contribution in [0.15, 0.2) is 28.8 Å². The molecule has 1 aliphatic heterocycles. The number of hydrogen-bond acceptors (Lipinski definition) is 6. The van der Waals surface area contributed by atoms with Crippen LogP contribution in [0.4, 0.5) is 10.2 Å². The summed E-state index contributed by atoms with van der Waals surface area (Å²) in [7, 11) is 0. The van der Waals surface area contributed by atoms with E-state index < -0.39 is 0 Å². The van der Waals surface area contributed by atoms with Crippen molar-refractivity contribution in [2.24, 2.45) is 0 Å². The summed E-state index contributed by atoms with van der Waals surface area (Å²) < 4.78 is 19.0. The molecule has 4 rings (SSSR count). The Bertz CT molecular complexity index is 1010. The molecule has 0 unspecified atom stereocenters. The molecule has 1 aliphatic rings. The number of piperidine rings is 1. The molecule has 7 nitrogen and oxygen atoms in total. The van der Waals surface area contributed by atoms with Gasteiger partial charge in [0.2, 0.25) is 5.91 Å². The van der Waals surface area contributed by atoms with E-state index in [9.17, 15) is 9.18 Å². The molecular weight excluding hydrogens is 373 g/mol. The summed E-state index contributed by atoms with van der Waals surface area (Å²) in [5.41, 5.74) is 1.69. The van der Waals surface area contributed by atoms with E-state index in [-0.39, 0.29) is 24.7 Å². The van der Waals surface area contributed by atoms with Crippen LogP contribution in [0, 0.1) is 12.7 Å². The van der Waals surface area contributed by atoms with Gasteiger partial charge < -0.3 is 14.7 Å². The fourth-order valence-electron chi connectivity index (χ4n) is 3.61. The third kappa shape index (κ3) is 4.36. The molecule has 0 atom stereocenters. The predicted octanol–water partition coefficient (Wildman–Crippen LogP) is 3.30. The first-order chi connectivity index (χ1) is 14.1. The maximum absolute atomic E-state index is 13.7. The summed E-state index contributed by atoms with van der Waals surface area (Å²) in [5.74, 6) is 0.893. The van der Waals surface area contributed by atoms with E-state index in [2.05, 4.69) is 20.4 Å². The highest BCUT2D eigenvalue weighted by atomic mass is 19.1. The number of aryl methyl sites for hydroxylation is 2. The molecule has 2 aromatic heterocycles. The maximum Gasteiger partial charge on any atom is 0.263 e. The first-order valence-corrected chi connectivity index (χ1v) is 10.00. The number of rotatable bonds is 6. The molecule has 3 heterocycles. The highest BCUT2D eigenvalue weighted by molar-refractivity contribution is 5.88. The summed E-state index contributed by atoms with van der Waals surface area (Å²) in [4.78, 5) is 23.7. The first kappa shape index (κ1) is 19.3. The normalized spacial score (nSPS) is 14.3. The summed E-state index contributed by atoms with van der Waals surface area (Å²) in [6.45, 7) is 3.93. The van der Waals surface area contributed by atoms with E-state index in [1.807, 2.05) is 6.92 Å². The van der Waals surface area contributed by atoms with Crippen LogP contribution in [-0.2, 0) is 17.8 Å². The Labute approximate surface area is 168 Å². The van der Waals surface area contributed by atoms with E-state index in [0.29, 0.717) is 23.5 Å². The highest BCUT2D eigenvalue weighted by Crippen LogP contribution is 2.29. The van der Waals surface area contributed by atoms with Crippen LogP contribution in [0.3, 0.4) is 0 Å². The molecular formula is C21H24FN5O2. The van der Waals surface area contributed by atoms with Crippen molar-refractivity contribution in [2.75, 3.05) is 18.0 Å². The molecule has 1 amide bonds. The number of amides is 1. The lowest BCUT2D eigenvalue weighted by Gasteiger charge is -2.28. The lowest BCUT2D eigenvalue weighted by atomic mass is 10.1. The second-order valence-electron chi connectivity index (χ2n) is 7.33. The van der Waals surface area contributed by atoms with Gasteiger partial charge in [-0.2, -0.15) is 4.98 Å². The standard InChI is InChI=1S/C21H24FN5O2/c1-14-19-20(27-11-5-2-6-12-27)24-17(25-21(19)29-26-14)9-10-18(28)23-13-15-7-3-4-8-16(15)22/h3-4,7-8H,2,5-6,9-13H2,1H3,(H,23,28). The smallest absolute Gasteiger partial charge is 0.263 e. The van der Waals surface area contributed by atoms with E-state index >= 15 is 0 Å². The number of carbonyl (C=O) groups excluding carboxylic acids is 1. The zero-order valence-corrected chi connectivity index (χ0v) is 16.4. The molecule has 1 saturated heterocycles. The Hall–Kier alpha value is -3.03. The lowest BCUT2D eigenvalue weighted by Crippen LogP contribution is -2.31. The number of nitrogens with one attached hydrogen (secondary N) is 1. The molecule has 1 N–H and O–H groups in total. The summed E-state index contributed by atoms with van der Waals surface area (Å²) in [5, 5.41) is 7.64. The molecule has 1 aromatic carbocycles. The summed E-state index contributed by atoms with van der Waals surface area (Å²) >= 11 is 0. The van der Waals surface area contributed by atoms with E-state index in [1.54, 1.807) is 18.2 Å². The number of benzene rings is 1. The highest BCUT2D eigenvalue weighted by Gasteiger charge is 2.21. The van der Waals surface area contributed by atoms with Crippen molar-refractivity contribution in [1.29, 1.82) is 0 Å². The van der Waals surface area contributed by atoms with Crippen LogP contribution in [-0.4, -0.2) is 34.1 Å². The fourth-order valence-corrected chi connectivity index (χ4v) is 3.61. The van der Waals surface area contributed by atoms with Crippen molar-refractivity contribution < 1.29 is 13.7 Å². The zero-order valence-electron chi connectivity index (χ0n) is 16.4. The molecule has 1 fully saturated rings. The van der Waals surface area contributed by atoms with Gasteiger partial charge in [-0.25, -0.2) is 9.37 Å². The minimum Gasteiger partial charge on any atom is -0.356 e. The molecule has 0 aliphatic carbocycles. The van der Waals surface area contributed by atoms with Gasteiger partial charge in [-0.05, 0) is 32.3 Å². The SMILES string of the molecule is Cc1noc2nc(CCC(=O)NCc3ccccc3F)nc(N3CCCCC3)c12. The topological polar surface area (TPSA) is 84.1 Å². The summed E-state index contributed by atoms with van der Waals surface area (Å²) in [6.07, 6.45) is 4.07. The molecule has 152 valence electrons. The van der Waals surface area contributed by atoms with Gasteiger partial charge in [0.1, 0.15) is 22.8 Å². The average Bonchev–Trinajstić information content (AvgIpc) is 3.12. The van der Waals surface area contributed by atoms with Crippen molar-refractivity contribution in [3.8, 4) is 0 Å². The van der Waals surface area contributed by atoms with Gasteiger partial charge in [0.25, 0.3) is 5.71 Å². The molecule has 3 aromatic rings. The van der Waals surface area contributed by atoms with Gasteiger partial charge >= 0.3 is 0 Å².